The Balaban J connectivity index is 1.41. The zero-order chi connectivity index (χ0) is 32.4. The molecule has 1 aliphatic heterocycles. The number of hydrogen-bond acceptors (Lipinski definition) is 7. The molecule has 0 aliphatic carbocycles. The molecule has 0 radical (unpaired) electrons. The maximum atomic E-state index is 14.8. The Labute approximate surface area is 254 Å². The lowest BCUT2D eigenvalue weighted by Crippen LogP contribution is -2.52. The van der Waals surface area contributed by atoms with Crippen molar-refractivity contribution in [2.75, 3.05) is 18.4 Å². The Morgan fingerprint density at radius 2 is 1.89 bits per heavy atom. The van der Waals surface area contributed by atoms with E-state index in [0.29, 0.717) is 16.4 Å². The first-order valence-electron chi connectivity index (χ1n) is 14.2. The van der Waals surface area contributed by atoms with Gasteiger partial charge in [-0.1, -0.05) is 20.8 Å². The van der Waals surface area contributed by atoms with Gasteiger partial charge in [0.25, 0.3) is 5.92 Å². The summed E-state index contributed by atoms with van der Waals surface area (Å²) in [5.74, 6) is -6.65. The minimum atomic E-state index is -3.00. The van der Waals surface area contributed by atoms with Crippen LogP contribution in [0.2, 0.25) is 18.1 Å². The molecule has 1 saturated heterocycles. The number of pyridine rings is 1. The fourth-order valence-corrected chi connectivity index (χ4v) is 5.48. The number of rotatable bonds is 9. The molecule has 1 amide bonds. The molecular weight excluding hydrogens is 598 g/mol. The van der Waals surface area contributed by atoms with Crippen molar-refractivity contribution in [2.45, 2.75) is 76.7 Å². The van der Waals surface area contributed by atoms with E-state index in [9.17, 15) is 27.6 Å². The monoisotopic (exact) mass is 635 g/mol. The van der Waals surface area contributed by atoms with Gasteiger partial charge < -0.3 is 19.7 Å². The van der Waals surface area contributed by atoms with Crippen molar-refractivity contribution in [3.05, 3.63) is 77.0 Å². The summed E-state index contributed by atoms with van der Waals surface area (Å²) in [6, 6.07) is 3.79. The van der Waals surface area contributed by atoms with Crippen LogP contribution >= 0.6 is 0 Å². The first-order valence-corrected chi connectivity index (χ1v) is 17.1. The second kappa shape index (κ2) is 12.8. The number of carbonyl (C=O) groups is 1. The van der Waals surface area contributed by atoms with Crippen LogP contribution in [0.4, 0.5) is 23.4 Å². The smallest absolute Gasteiger partial charge is 0.257 e. The van der Waals surface area contributed by atoms with Gasteiger partial charge in [0.1, 0.15) is 5.82 Å². The van der Waals surface area contributed by atoms with Crippen molar-refractivity contribution < 1.29 is 36.2 Å². The second-order valence-corrected chi connectivity index (χ2v) is 17.3. The van der Waals surface area contributed by atoms with E-state index in [1.54, 1.807) is 11.8 Å². The normalized spacial score (nSPS) is 18.1. The summed E-state index contributed by atoms with van der Waals surface area (Å²) in [7, 11) is -2.23. The van der Waals surface area contributed by atoms with Crippen LogP contribution in [0.15, 0.2) is 49.1 Å². The van der Waals surface area contributed by atoms with Gasteiger partial charge in [0, 0.05) is 43.3 Å². The van der Waals surface area contributed by atoms with Crippen LogP contribution in [0.5, 0.6) is 11.6 Å². The molecule has 3 heterocycles. The maximum Gasteiger partial charge on any atom is 0.257 e. The van der Waals surface area contributed by atoms with E-state index in [0.717, 1.165) is 6.07 Å². The summed E-state index contributed by atoms with van der Waals surface area (Å²) in [4.78, 5) is 22.9. The third kappa shape index (κ3) is 7.71. The van der Waals surface area contributed by atoms with E-state index in [4.69, 9.17) is 9.16 Å². The molecule has 2 aromatic heterocycles. The van der Waals surface area contributed by atoms with Gasteiger partial charge in [0.05, 0.1) is 31.0 Å². The zero-order valence-electron chi connectivity index (χ0n) is 25.5. The summed E-state index contributed by atoms with van der Waals surface area (Å²) >= 11 is 0. The molecule has 0 spiro atoms. The fourth-order valence-electron chi connectivity index (χ4n) is 4.53. The number of ether oxygens (including phenoxy) is 1. The fraction of sp³-hybridized carbons (Fsp3) is 0.467. The van der Waals surface area contributed by atoms with E-state index in [1.165, 1.54) is 36.9 Å². The highest BCUT2D eigenvalue weighted by atomic mass is 28.4. The van der Waals surface area contributed by atoms with Crippen LogP contribution in [-0.2, 0) is 15.8 Å². The number of nitrogens with one attached hydrogen (secondary N) is 1. The number of nitrogens with zero attached hydrogens (tertiary/aromatic N) is 4. The SMILES string of the molecule is C[C@@H](C(=O)Nc1cnc(Oc2c(F)cc(F)cc2CO[Si](C)(C)C(C)(C)C)cn1)N1CCC(F)(F)C(c2cc[n+]([O-])cc2)C1. The Bertz CT molecular complexity index is 1470. The number of alkyl halides is 2. The van der Waals surface area contributed by atoms with Crippen LogP contribution in [-0.4, -0.2) is 54.1 Å². The van der Waals surface area contributed by atoms with Crippen LogP contribution < -0.4 is 14.8 Å². The van der Waals surface area contributed by atoms with Gasteiger partial charge >= 0.3 is 0 Å². The molecule has 1 aromatic carbocycles. The molecule has 1 unspecified atom stereocenters. The highest BCUT2D eigenvalue weighted by molar-refractivity contribution is 6.74. The lowest BCUT2D eigenvalue weighted by Gasteiger charge is -2.40. The largest absolute Gasteiger partial charge is 0.619 e. The number of anilines is 1. The third-order valence-electron chi connectivity index (χ3n) is 8.38. The van der Waals surface area contributed by atoms with Gasteiger partial charge in [-0.3, -0.25) is 9.69 Å². The lowest BCUT2D eigenvalue weighted by atomic mass is 9.87. The first kappa shape index (κ1) is 33.3. The van der Waals surface area contributed by atoms with Crippen LogP contribution in [0.25, 0.3) is 0 Å². The number of benzene rings is 1. The van der Waals surface area contributed by atoms with E-state index >= 15 is 0 Å². The van der Waals surface area contributed by atoms with Crippen LogP contribution in [0.3, 0.4) is 0 Å². The molecule has 4 rings (SSSR count). The Morgan fingerprint density at radius 1 is 1.20 bits per heavy atom. The van der Waals surface area contributed by atoms with Crippen molar-refractivity contribution in [2.24, 2.45) is 0 Å². The average molecular weight is 636 g/mol. The average Bonchev–Trinajstić information content (AvgIpc) is 2.94. The van der Waals surface area contributed by atoms with E-state index in [1.807, 2.05) is 13.1 Å². The second-order valence-electron chi connectivity index (χ2n) is 12.5. The highest BCUT2D eigenvalue weighted by Gasteiger charge is 2.46. The summed E-state index contributed by atoms with van der Waals surface area (Å²) in [6.45, 7) is 11.6. The lowest BCUT2D eigenvalue weighted by molar-refractivity contribution is -0.605. The van der Waals surface area contributed by atoms with Crippen LogP contribution in [0.1, 0.15) is 51.2 Å². The summed E-state index contributed by atoms with van der Waals surface area (Å²) < 4.78 is 70.7. The molecule has 2 atom stereocenters. The van der Waals surface area contributed by atoms with Gasteiger partial charge in [0.15, 0.2) is 38.1 Å². The molecule has 0 saturated carbocycles. The molecule has 0 bridgehead atoms. The number of hydrogen-bond donors (Lipinski definition) is 1. The van der Waals surface area contributed by atoms with Crippen molar-refractivity contribution in [1.29, 1.82) is 0 Å². The minimum Gasteiger partial charge on any atom is -0.619 e. The first-order chi connectivity index (χ1) is 20.5. The maximum absolute atomic E-state index is 14.8. The number of halogens is 4. The molecule has 1 aliphatic rings. The molecular formula is C30H37F4N5O4Si. The molecule has 1 N–H and O–H groups in total. The minimum absolute atomic E-state index is 0.00433. The predicted octanol–water partition coefficient (Wildman–Crippen LogP) is 6.15. The quantitative estimate of drug-likeness (QED) is 0.130. The molecule has 44 heavy (non-hydrogen) atoms. The van der Waals surface area contributed by atoms with Gasteiger partial charge in [-0.25, -0.2) is 27.5 Å². The molecule has 3 aromatic rings. The molecule has 9 nitrogen and oxygen atoms in total. The number of amides is 1. The van der Waals surface area contributed by atoms with Crippen molar-refractivity contribution in [3.63, 3.8) is 0 Å². The van der Waals surface area contributed by atoms with Gasteiger partial charge in [0.2, 0.25) is 11.8 Å². The molecule has 238 valence electrons. The number of carbonyl (C=O) groups excluding carboxylic acids is 1. The molecule has 14 heteroatoms. The Morgan fingerprint density at radius 3 is 2.50 bits per heavy atom. The number of likely N-dealkylation sites (tertiary alicyclic amines) is 1. The number of aromatic nitrogens is 3. The summed E-state index contributed by atoms with van der Waals surface area (Å²) in [5.41, 5.74) is 0.488. The van der Waals surface area contributed by atoms with E-state index in [-0.39, 0.29) is 47.7 Å². The van der Waals surface area contributed by atoms with E-state index < -0.39 is 50.2 Å². The topological polar surface area (TPSA) is 104 Å². The van der Waals surface area contributed by atoms with Gasteiger partial charge in [-0.05, 0) is 36.7 Å². The van der Waals surface area contributed by atoms with E-state index in [2.05, 4.69) is 36.1 Å². The van der Waals surface area contributed by atoms with Crippen molar-refractivity contribution in [1.82, 2.24) is 14.9 Å². The number of piperidine rings is 1. The van der Waals surface area contributed by atoms with Crippen molar-refractivity contribution in [3.8, 4) is 11.6 Å². The Hall–Kier alpha value is -3.62. The van der Waals surface area contributed by atoms with Gasteiger partial charge in [-0.2, -0.15) is 4.73 Å². The highest BCUT2D eigenvalue weighted by Crippen LogP contribution is 2.41. The zero-order valence-corrected chi connectivity index (χ0v) is 26.5. The standard InChI is InChI=1S/C30H37F4N5O4Si/c1-19(38-12-9-30(33,34)23(17-38)20-7-10-39(41)11-8-20)28(40)37-25-15-36-26(16-35-25)43-27-21(13-22(31)14-24(27)32)18-42-44(5,6)29(2,3)4/h7-8,10-11,13-16,19,23H,9,12,17-18H2,1-6H3,(H,35,37,40)/t19-,23?/m0/s1. The summed E-state index contributed by atoms with van der Waals surface area (Å²) in [6.07, 6.45) is 4.28. The van der Waals surface area contributed by atoms with Crippen LogP contribution in [0, 0.1) is 16.8 Å². The Kier molecular flexibility index (Phi) is 9.66. The third-order valence-corrected chi connectivity index (χ3v) is 12.9. The predicted molar refractivity (Wildman–Crippen MR) is 158 cm³/mol. The summed E-state index contributed by atoms with van der Waals surface area (Å²) in [5, 5.41) is 13.9. The van der Waals surface area contributed by atoms with Crippen molar-refractivity contribution >= 4 is 20.0 Å². The van der Waals surface area contributed by atoms with Gasteiger partial charge in [-0.15, -0.1) is 0 Å². The molecule has 1 fully saturated rings.